The van der Waals surface area contributed by atoms with Gasteiger partial charge in [-0.3, -0.25) is 0 Å². The lowest BCUT2D eigenvalue weighted by Gasteiger charge is -2.30. The van der Waals surface area contributed by atoms with Gasteiger partial charge in [0.15, 0.2) is 17.4 Å². The van der Waals surface area contributed by atoms with Crippen LogP contribution in [0.25, 0.3) is 0 Å². The molecule has 0 N–H and O–H groups in total. The van der Waals surface area contributed by atoms with Crippen LogP contribution in [-0.4, -0.2) is 44.7 Å². The Morgan fingerprint density at radius 3 is 1.50 bits per heavy atom. The Kier molecular flexibility index (Phi) is 29.5. The minimum Gasteiger partial charge on any atom is -0.458 e. The topological polar surface area (TPSA) is 9.23 Å². The van der Waals surface area contributed by atoms with Gasteiger partial charge >= 0.3 is 0 Å². The smallest absolute Gasteiger partial charge is 0.173 e. The summed E-state index contributed by atoms with van der Waals surface area (Å²) in [6.07, 6.45) is 5.10. The molecule has 4 atom stereocenters. The van der Waals surface area contributed by atoms with Gasteiger partial charge in [-0.15, -0.1) is 23.5 Å². The number of thiocarbonyl (C=S) groups is 2. The van der Waals surface area contributed by atoms with E-state index in [0.717, 1.165) is 24.3 Å². The molecule has 0 aliphatic carbocycles. The molecule has 0 amide bonds. The lowest BCUT2D eigenvalue weighted by molar-refractivity contribution is 0.539. The molecular formula is C38H68OS6Si3. The molecule has 0 heterocycles. The summed E-state index contributed by atoms with van der Waals surface area (Å²) in [5, 5.41) is 0.892. The van der Waals surface area contributed by atoms with Gasteiger partial charge in [0.05, 0.1) is 0 Å². The molecule has 2 aromatic carbocycles. The third kappa shape index (κ3) is 26.4. The summed E-state index contributed by atoms with van der Waals surface area (Å²) in [7, 11) is -2.90. The maximum absolute atomic E-state index is 6.55. The molecule has 0 saturated carbocycles. The van der Waals surface area contributed by atoms with Gasteiger partial charge < -0.3 is 4.12 Å². The highest BCUT2D eigenvalue weighted by Crippen LogP contribution is 2.34. The van der Waals surface area contributed by atoms with E-state index in [2.05, 4.69) is 142 Å². The van der Waals surface area contributed by atoms with Crippen molar-refractivity contribution in [3.63, 3.8) is 0 Å². The third-order valence-corrected chi connectivity index (χ3v) is 23.0. The average Bonchev–Trinajstić information content (AvgIpc) is 3.05. The Morgan fingerprint density at radius 1 is 0.708 bits per heavy atom. The van der Waals surface area contributed by atoms with E-state index in [4.69, 9.17) is 28.6 Å². The van der Waals surface area contributed by atoms with Crippen LogP contribution in [0.15, 0.2) is 60.7 Å². The normalized spacial score (nSPS) is 13.9. The highest BCUT2D eigenvalue weighted by atomic mass is 32.2. The predicted octanol–water partition coefficient (Wildman–Crippen LogP) is 14.7. The van der Waals surface area contributed by atoms with Crippen LogP contribution in [0.1, 0.15) is 95.8 Å². The van der Waals surface area contributed by atoms with Gasteiger partial charge in [0, 0.05) is 19.3 Å². The van der Waals surface area contributed by atoms with Crippen LogP contribution in [0.4, 0.5) is 0 Å². The van der Waals surface area contributed by atoms with Crippen molar-refractivity contribution in [2.24, 2.45) is 5.92 Å². The molecule has 2 rings (SSSR count). The van der Waals surface area contributed by atoms with Gasteiger partial charge in [0.2, 0.25) is 0 Å². The first-order valence-electron chi connectivity index (χ1n) is 18.1. The zero-order valence-corrected chi connectivity index (χ0v) is 40.5. The Labute approximate surface area is 330 Å². The van der Waals surface area contributed by atoms with Gasteiger partial charge in [-0.1, -0.05) is 175 Å². The van der Waals surface area contributed by atoms with Gasteiger partial charge in [-0.25, -0.2) is 0 Å². The second kappa shape index (κ2) is 29.1. The van der Waals surface area contributed by atoms with Crippen LogP contribution in [0.2, 0.25) is 50.4 Å². The predicted molar refractivity (Wildman–Crippen MR) is 249 cm³/mol. The van der Waals surface area contributed by atoms with E-state index in [-0.39, 0.29) is 8.80 Å². The Morgan fingerprint density at radius 2 is 1.12 bits per heavy atom. The maximum atomic E-state index is 6.55. The first-order valence-corrected chi connectivity index (χ1v) is 31.1. The lowest BCUT2D eigenvalue weighted by Crippen LogP contribution is -2.38. The molecule has 0 spiro atoms. The maximum Gasteiger partial charge on any atom is 0.173 e. The van der Waals surface area contributed by atoms with Crippen LogP contribution < -0.4 is 0 Å². The molecule has 0 aliphatic rings. The summed E-state index contributed by atoms with van der Waals surface area (Å²) in [5.74, 6) is 3.19. The standard InChI is InChI=1S/C19H34OS3Si2.C14H22S3Si.C5H12/c1-7-16(2)24(4)20-25(5,6)15-11-14-22-19(21)23-17(3)18-12-9-8-10-13-18;1-12(13-8-5-4-6-9-13)17-14(15)16-10-7-11-18(2)3;1-4-5(2)3/h8-10,12-13,16-17,24H,7,11,14-15H2,1-6H3;4-6,8-9,12,18H,7,10-11H2,1-3H3;5H,4H2,1-3H3. The number of hydrogen-bond donors (Lipinski definition) is 0. The van der Waals surface area contributed by atoms with E-state index in [1.165, 1.54) is 54.7 Å². The minimum atomic E-state index is -1.50. The molecule has 0 radical (unpaired) electrons. The summed E-state index contributed by atoms with van der Waals surface area (Å²) >= 11 is 18.3. The molecule has 0 fully saturated rings. The zero-order valence-electron chi connectivity index (χ0n) is 32.3. The van der Waals surface area contributed by atoms with E-state index < -0.39 is 17.4 Å². The first-order chi connectivity index (χ1) is 22.6. The molecule has 4 unspecified atom stereocenters. The molecule has 0 saturated heterocycles. The van der Waals surface area contributed by atoms with Gasteiger partial charge in [-0.2, -0.15) is 0 Å². The third-order valence-electron chi connectivity index (χ3n) is 8.14. The van der Waals surface area contributed by atoms with E-state index in [1.807, 2.05) is 47.0 Å². The van der Waals surface area contributed by atoms with Crippen molar-refractivity contribution < 1.29 is 4.12 Å². The molecule has 1 nitrogen and oxygen atoms in total. The number of rotatable bonds is 17. The molecule has 0 aromatic heterocycles. The SMILES string of the molecule is CC(SC(=S)SCCC[SiH](C)C)c1ccccc1.CCC(C)C.CCC(C)[SiH](C)O[Si](C)(C)CCCSC(=S)SC(C)c1ccccc1. The molecule has 0 aliphatic heterocycles. The molecule has 0 bridgehead atoms. The van der Waals surface area contributed by atoms with Gasteiger partial charge in [0.25, 0.3) is 0 Å². The number of hydrogen-bond acceptors (Lipinski definition) is 7. The minimum absolute atomic E-state index is 0.375. The lowest BCUT2D eigenvalue weighted by atomic mass is 10.2. The molecule has 48 heavy (non-hydrogen) atoms. The molecule has 10 heteroatoms. The van der Waals surface area contributed by atoms with Gasteiger partial charge in [-0.05, 0) is 86.5 Å². The molecule has 2 aromatic rings. The molecule has 274 valence electrons. The Bertz CT molecular complexity index is 1090. The fourth-order valence-corrected chi connectivity index (χ4v) is 18.3. The summed E-state index contributed by atoms with van der Waals surface area (Å²) in [4.78, 5) is 0. The first kappa shape index (κ1) is 48.6. The van der Waals surface area contributed by atoms with Crippen molar-refractivity contribution in [1.29, 1.82) is 0 Å². The van der Waals surface area contributed by atoms with Crippen molar-refractivity contribution in [3.05, 3.63) is 71.8 Å². The zero-order chi connectivity index (χ0) is 36.5. The monoisotopic (exact) mass is 816 g/mol. The Hall–Kier alpha value is 0.631. The van der Waals surface area contributed by atoms with Crippen LogP contribution >= 0.6 is 71.5 Å². The summed E-state index contributed by atoms with van der Waals surface area (Å²) < 4.78 is 8.71. The summed E-state index contributed by atoms with van der Waals surface area (Å²) in [6.45, 7) is 27.7. The average molecular weight is 818 g/mol. The fourth-order valence-electron chi connectivity index (χ4n) is 4.25. The van der Waals surface area contributed by atoms with E-state index >= 15 is 0 Å². The van der Waals surface area contributed by atoms with Crippen molar-refractivity contribution in [2.75, 3.05) is 11.5 Å². The van der Waals surface area contributed by atoms with E-state index in [9.17, 15) is 0 Å². The largest absolute Gasteiger partial charge is 0.458 e. The van der Waals surface area contributed by atoms with Crippen molar-refractivity contribution in [1.82, 2.24) is 0 Å². The summed E-state index contributed by atoms with van der Waals surface area (Å²) in [5.41, 5.74) is 3.49. The van der Waals surface area contributed by atoms with Crippen molar-refractivity contribution >= 4 is 105 Å². The van der Waals surface area contributed by atoms with E-state index in [1.54, 1.807) is 0 Å². The summed E-state index contributed by atoms with van der Waals surface area (Å²) in [6, 6.07) is 23.9. The van der Waals surface area contributed by atoms with E-state index in [0.29, 0.717) is 10.5 Å². The van der Waals surface area contributed by atoms with Crippen LogP contribution in [-0.2, 0) is 4.12 Å². The molecular weight excluding hydrogens is 749 g/mol. The Balaban J connectivity index is 0.000000837. The fraction of sp³-hybridized carbons (Fsp3) is 0.632. The van der Waals surface area contributed by atoms with Crippen LogP contribution in [0.3, 0.4) is 0 Å². The second-order valence-electron chi connectivity index (χ2n) is 13.9. The van der Waals surface area contributed by atoms with Crippen molar-refractivity contribution in [2.45, 2.75) is 135 Å². The number of benzene rings is 2. The van der Waals surface area contributed by atoms with Crippen LogP contribution in [0.5, 0.6) is 0 Å². The van der Waals surface area contributed by atoms with Crippen molar-refractivity contribution in [3.8, 4) is 0 Å². The highest BCUT2D eigenvalue weighted by molar-refractivity contribution is 8.47. The van der Waals surface area contributed by atoms with Gasteiger partial charge in [0.1, 0.15) is 7.06 Å². The number of thioether (sulfide) groups is 4. The van der Waals surface area contributed by atoms with Crippen LogP contribution in [0, 0.1) is 5.92 Å². The second-order valence-corrected chi connectivity index (χ2v) is 32.1. The highest BCUT2D eigenvalue weighted by Gasteiger charge is 2.27. The quantitative estimate of drug-likeness (QED) is 0.0882.